The van der Waals surface area contributed by atoms with Gasteiger partial charge in [0.25, 0.3) is 0 Å². The molecule has 26 heavy (non-hydrogen) atoms. The fourth-order valence-corrected chi connectivity index (χ4v) is 3.75. The molecule has 1 N–H and O–H groups in total. The zero-order valence-electron chi connectivity index (χ0n) is 14.3. The molecule has 1 fully saturated rings. The summed E-state index contributed by atoms with van der Waals surface area (Å²) in [7, 11) is 0. The lowest BCUT2D eigenvalue weighted by Gasteiger charge is -2.32. The summed E-state index contributed by atoms with van der Waals surface area (Å²) in [6, 6.07) is 9.61. The number of aromatic nitrogens is 2. The SMILES string of the molecule is O=C(Nc1ccc2scnc2c1)N1CCC[C@@H](OCc2cccnc2)C1. The highest BCUT2D eigenvalue weighted by Crippen LogP contribution is 2.22. The second-order valence-electron chi connectivity index (χ2n) is 6.35. The van der Waals surface area contributed by atoms with Gasteiger partial charge in [-0.15, -0.1) is 11.3 Å². The van der Waals surface area contributed by atoms with E-state index in [-0.39, 0.29) is 12.1 Å². The number of anilines is 1. The summed E-state index contributed by atoms with van der Waals surface area (Å²) < 4.78 is 7.09. The van der Waals surface area contributed by atoms with Crippen LogP contribution >= 0.6 is 11.3 Å². The molecule has 134 valence electrons. The van der Waals surface area contributed by atoms with Gasteiger partial charge in [-0.3, -0.25) is 4.98 Å². The van der Waals surface area contributed by atoms with E-state index >= 15 is 0 Å². The van der Waals surface area contributed by atoms with Crippen LogP contribution in [-0.2, 0) is 11.3 Å². The van der Waals surface area contributed by atoms with Gasteiger partial charge in [0, 0.05) is 31.2 Å². The number of pyridine rings is 1. The Kier molecular flexibility index (Phi) is 5.08. The minimum atomic E-state index is -0.0887. The smallest absolute Gasteiger partial charge is 0.321 e. The molecule has 4 rings (SSSR count). The lowest BCUT2D eigenvalue weighted by Crippen LogP contribution is -2.45. The van der Waals surface area contributed by atoms with Gasteiger partial charge in [0.1, 0.15) is 0 Å². The summed E-state index contributed by atoms with van der Waals surface area (Å²) in [6.07, 6.45) is 5.52. The average molecular weight is 368 g/mol. The molecule has 7 heteroatoms. The number of ether oxygens (including phenoxy) is 1. The average Bonchev–Trinajstić information content (AvgIpc) is 3.15. The number of thiazole rings is 1. The molecule has 0 saturated carbocycles. The summed E-state index contributed by atoms with van der Waals surface area (Å²) in [5.41, 5.74) is 4.53. The predicted octanol–water partition coefficient (Wildman–Crippen LogP) is 3.90. The van der Waals surface area contributed by atoms with E-state index < -0.39 is 0 Å². The predicted molar refractivity (Wildman–Crippen MR) is 102 cm³/mol. The van der Waals surface area contributed by atoms with E-state index in [1.54, 1.807) is 17.5 Å². The van der Waals surface area contributed by atoms with Crippen molar-refractivity contribution in [3.05, 3.63) is 53.8 Å². The third kappa shape index (κ3) is 4.00. The van der Waals surface area contributed by atoms with Gasteiger partial charge in [-0.2, -0.15) is 0 Å². The van der Waals surface area contributed by atoms with Crippen molar-refractivity contribution < 1.29 is 9.53 Å². The van der Waals surface area contributed by atoms with E-state index in [1.807, 2.05) is 46.9 Å². The number of nitrogens with zero attached hydrogens (tertiary/aromatic N) is 3. The molecule has 6 nitrogen and oxygen atoms in total. The van der Waals surface area contributed by atoms with Gasteiger partial charge in [-0.05, 0) is 42.7 Å². The molecule has 0 radical (unpaired) electrons. The van der Waals surface area contributed by atoms with Crippen molar-refractivity contribution >= 4 is 33.3 Å². The first kappa shape index (κ1) is 16.9. The first-order chi connectivity index (χ1) is 12.8. The Labute approximate surface area is 155 Å². The lowest BCUT2D eigenvalue weighted by atomic mass is 10.1. The summed E-state index contributed by atoms with van der Waals surface area (Å²) in [5.74, 6) is 0. The molecular formula is C19H20N4O2S. The van der Waals surface area contributed by atoms with Crippen molar-refractivity contribution in [3.63, 3.8) is 0 Å². The van der Waals surface area contributed by atoms with Crippen LogP contribution in [0.2, 0.25) is 0 Å². The number of carbonyl (C=O) groups is 1. The number of likely N-dealkylation sites (tertiary alicyclic amines) is 1. The Hall–Kier alpha value is -2.51. The van der Waals surface area contributed by atoms with Gasteiger partial charge < -0.3 is 15.0 Å². The topological polar surface area (TPSA) is 67.4 Å². The molecule has 2 aromatic heterocycles. The van der Waals surface area contributed by atoms with E-state index in [0.29, 0.717) is 13.2 Å². The molecule has 0 aliphatic carbocycles. The molecule has 1 saturated heterocycles. The molecule has 0 unspecified atom stereocenters. The second-order valence-corrected chi connectivity index (χ2v) is 7.23. The first-order valence-electron chi connectivity index (χ1n) is 8.67. The van der Waals surface area contributed by atoms with E-state index in [2.05, 4.69) is 15.3 Å². The molecule has 1 atom stereocenters. The highest BCUT2D eigenvalue weighted by Gasteiger charge is 2.24. The Morgan fingerprint density at radius 3 is 3.23 bits per heavy atom. The zero-order chi connectivity index (χ0) is 17.8. The van der Waals surface area contributed by atoms with Crippen LogP contribution in [0, 0.1) is 0 Å². The lowest BCUT2D eigenvalue weighted by molar-refractivity contribution is 0.000916. The van der Waals surface area contributed by atoms with Crippen LogP contribution in [0.5, 0.6) is 0 Å². The third-order valence-corrected chi connectivity index (χ3v) is 5.27. The Bertz CT molecular complexity index is 883. The number of nitrogens with one attached hydrogen (secondary N) is 1. The maximum absolute atomic E-state index is 12.6. The third-order valence-electron chi connectivity index (χ3n) is 4.46. The highest BCUT2D eigenvalue weighted by molar-refractivity contribution is 7.16. The fraction of sp³-hybridized carbons (Fsp3) is 0.316. The number of piperidine rings is 1. The minimum Gasteiger partial charge on any atom is -0.372 e. The van der Waals surface area contributed by atoms with Crippen molar-refractivity contribution in [2.75, 3.05) is 18.4 Å². The van der Waals surface area contributed by atoms with Gasteiger partial charge in [0.2, 0.25) is 0 Å². The van der Waals surface area contributed by atoms with Crippen LogP contribution in [-0.4, -0.2) is 40.1 Å². The normalized spacial score (nSPS) is 17.4. The van der Waals surface area contributed by atoms with Gasteiger partial charge in [0.05, 0.1) is 28.4 Å². The molecule has 1 aliphatic rings. The fourth-order valence-electron chi connectivity index (χ4n) is 3.09. The van der Waals surface area contributed by atoms with E-state index in [0.717, 1.165) is 40.9 Å². The van der Waals surface area contributed by atoms with Gasteiger partial charge in [-0.1, -0.05) is 6.07 Å². The number of amides is 2. The Morgan fingerprint density at radius 2 is 2.35 bits per heavy atom. The van der Waals surface area contributed by atoms with E-state index in [4.69, 9.17) is 4.74 Å². The number of benzene rings is 1. The maximum Gasteiger partial charge on any atom is 0.321 e. The largest absolute Gasteiger partial charge is 0.372 e. The zero-order valence-corrected chi connectivity index (χ0v) is 15.1. The number of carbonyl (C=O) groups excluding carboxylic acids is 1. The van der Waals surface area contributed by atoms with Crippen LogP contribution in [0.15, 0.2) is 48.2 Å². The monoisotopic (exact) mass is 368 g/mol. The summed E-state index contributed by atoms with van der Waals surface area (Å²) in [6.45, 7) is 1.87. The molecule has 0 bridgehead atoms. The van der Waals surface area contributed by atoms with Crippen molar-refractivity contribution in [1.29, 1.82) is 0 Å². The van der Waals surface area contributed by atoms with Crippen LogP contribution in [0.1, 0.15) is 18.4 Å². The first-order valence-corrected chi connectivity index (χ1v) is 9.55. The van der Waals surface area contributed by atoms with Crippen LogP contribution in [0.3, 0.4) is 0 Å². The summed E-state index contributed by atoms with van der Waals surface area (Å²) in [5, 5.41) is 2.97. The number of urea groups is 1. The quantitative estimate of drug-likeness (QED) is 0.758. The van der Waals surface area contributed by atoms with Crippen LogP contribution < -0.4 is 5.32 Å². The summed E-state index contributed by atoms with van der Waals surface area (Å²) >= 11 is 1.59. The molecule has 3 aromatic rings. The number of hydrogen-bond donors (Lipinski definition) is 1. The number of rotatable bonds is 4. The standard InChI is InChI=1S/C19H20N4O2S/c24-19(22-15-5-6-18-17(9-15)21-13-26-18)23-8-2-4-16(11-23)25-12-14-3-1-7-20-10-14/h1,3,5-7,9-10,13,16H,2,4,8,11-12H2,(H,22,24)/t16-/m1/s1. The van der Waals surface area contributed by atoms with Crippen molar-refractivity contribution in [3.8, 4) is 0 Å². The van der Waals surface area contributed by atoms with Gasteiger partial charge >= 0.3 is 6.03 Å². The molecule has 3 heterocycles. The molecular weight excluding hydrogens is 348 g/mol. The number of hydrogen-bond acceptors (Lipinski definition) is 5. The van der Waals surface area contributed by atoms with Gasteiger partial charge in [-0.25, -0.2) is 9.78 Å². The van der Waals surface area contributed by atoms with Gasteiger partial charge in [0.15, 0.2) is 0 Å². The van der Waals surface area contributed by atoms with Crippen LogP contribution in [0.4, 0.5) is 10.5 Å². The Balaban J connectivity index is 1.33. The second kappa shape index (κ2) is 7.80. The van der Waals surface area contributed by atoms with Crippen molar-refractivity contribution in [2.24, 2.45) is 0 Å². The van der Waals surface area contributed by atoms with Crippen LogP contribution in [0.25, 0.3) is 10.2 Å². The van der Waals surface area contributed by atoms with E-state index in [1.165, 1.54) is 0 Å². The highest BCUT2D eigenvalue weighted by atomic mass is 32.1. The van der Waals surface area contributed by atoms with Crippen molar-refractivity contribution in [2.45, 2.75) is 25.6 Å². The van der Waals surface area contributed by atoms with E-state index in [9.17, 15) is 4.79 Å². The van der Waals surface area contributed by atoms with Crippen molar-refractivity contribution in [1.82, 2.24) is 14.9 Å². The summed E-state index contributed by atoms with van der Waals surface area (Å²) in [4.78, 5) is 22.8. The maximum atomic E-state index is 12.6. The minimum absolute atomic E-state index is 0.0516. The number of fused-ring (bicyclic) bond motifs is 1. The Morgan fingerprint density at radius 1 is 1.38 bits per heavy atom. The molecule has 1 aromatic carbocycles. The molecule has 1 aliphatic heterocycles. The molecule has 2 amide bonds. The molecule has 0 spiro atoms.